The summed E-state index contributed by atoms with van der Waals surface area (Å²) >= 11 is 1.54. The summed E-state index contributed by atoms with van der Waals surface area (Å²) in [6.07, 6.45) is 1.32. The number of hydrogen-bond acceptors (Lipinski definition) is 6. The van der Waals surface area contributed by atoms with Gasteiger partial charge in [-0.15, -0.1) is 11.3 Å². The predicted molar refractivity (Wildman–Crippen MR) is 95.7 cm³/mol. The van der Waals surface area contributed by atoms with E-state index in [2.05, 4.69) is 11.9 Å². The molecule has 3 heterocycles. The van der Waals surface area contributed by atoms with Crippen LogP contribution in [0.3, 0.4) is 0 Å². The minimum atomic E-state index is 0.131. The molecule has 1 saturated heterocycles. The van der Waals surface area contributed by atoms with Crippen molar-refractivity contribution in [3.05, 3.63) is 29.3 Å². The Morgan fingerprint density at radius 3 is 3.04 bits per heavy atom. The Morgan fingerprint density at radius 1 is 1.40 bits per heavy atom. The van der Waals surface area contributed by atoms with E-state index in [1.807, 2.05) is 28.5 Å². The van der Waals surface area contributed by atoms with Crippen LogP contribution in [0, 0.1) is 5.92 Å². The molecular weight excluding hydrogens is 338 g/mol. The molecule has 0 spiro atoms. The van der Waals surface area contributed by atoms with Gasteiger partial charge in [-0.2, -0.15) is 0 Å². The lowest BCUT2D eigenvalue weighted by atomic mass is 10.1. The van der Waals surface area contributed by atoms with Gasteiger partial charge >= 0.3 is 0 Å². The van der Waals surface area contributed by atoms with E-state index in [0.29, 0.717) is 18.9 Å². The lowest BCUT2D eigenvalue weighted by molar-refractivity contribution is -0.131. The fourth-order valence-electron chi connectivity index (χ4n) is 3.47. The third-order valence-corrected chi connectivity index (χ3v) is 5.76. The Kier molecular flexibility index (Phi) is 4.35. The second kappa shape index (κ2) is 6.65. The van der Waals surface area contributed by atoms with Crippen LogP contribution in [0.5, 0.6) is 11.5 Å². The van der Waals surface area contributed by atoms with E-state index in [9.17, 15) is 4.79 Å². The molecule has 0 radical (unpaired) electrons. The Bertz CT molecular complexity index is 792. The highest BCUT2D eigenvalue weighted by molar-refractivity contribution is 7.13. The van der Waals surface area contributed by atoms with Crippen molar-refractivity contribution in [3.63, 3.8) is 0 Å². The molecule has 25 heavy (non-hydrogen) atoms. The number of ether oxygens (including phenoxy) is 2. The number of amides is 1. The summed E-state index contributed by atoms with van der Waals surface area (Å²) < 4.78 is 10.7. The summed E-state index contributed by atoms with van der Waals surface area (Å²) in [6, 6.07) is 6.05. The Morgan fingerprint density at radius 2 is 2.24 bits per heavy atom. The highest BCUT2D eigenvalue weighted by Crippen LogP contribution is 2.36. The molecule has 0 saturated carbocycles. The fourth-order valence-corrected chi connectivity index (χ4v) is 4.28. The van der Waals surface area contributed by atoms with Crippen LogP contribution in [-0.2, 0) is 11.2 Å². The molecule has 1 amide bonds. The second-order valence-electron chi connectivity index (χ2n) is 6.62. The smallest absolute Gasteiger partial charge is 0.231 e. The molecule has 0 aliphatic carbocycles. The summed E-state index contributed by atoms with van der Waals surface area (Å²) in [6.45, 7) is 3.75. The summed E-state index contributed by atoms with van der Waals surface area (Å²) in [5.41, 5.74) is 7.54. The van der Waals surface area contributed by atoms with Gasteiger partial charge in [0.1, 0.15) is 5.01 Å². The number of likely N-dealkylation sites (tertiary alicyclic amines) is 1. The Balaban J connectivity index is 1.46. The molecular formula is C18H21N3O3S. The molecule has 4 rings (SSSR count). The van der Waals surface area contributed by atoms with Crippen molar-refractivity contribution in [2.45, 2.75) is 25.8 Å². The van der Waals surface area contributed by atoms with E-state index in [0.717, 1.165) is 40.7 Å². The normalized spacial score (nSPS) is 21.8. The summed E-state index contributed by atoms with van der Waals surface area (Å²) in [7, 11) is 0. The SMILES string of the molecule is CC1CC(CN)CN1C(=O)Cc1csc(-c2ccc3c(c2)OCO3)n1. The van der Waals surface area contributed by atoms with Crippen molar-refractivity contribution in [2.75, 3.05) is 19.9 Å². The third kappa shape index (κ3) is 3.21. The van der Waals surface area contributed by atoms with Gasteiger partial charge in [-0.1, -0.05) is 0 Å². The van der Waals surface area contributed by atoms with Crippen LogP contribution in [0.1, 0.15) is 19.0 Å². The first-order chi connectivity index (χ1) is 12.1. The van der Waals surface area contributed by atoms with Crippen LogP contribution in [0.2, 0.25) is 0 Å². The molecule has 2 N–H and O–H groups in total. The molecule has 2 aliphatic heterocycles. The lowest BCUT2D eigenvalue weighted by Gasteiger charge is -2.21. The summed E-state index contributed by atoms with van der Waals surface area (Å²) in [5.74, 6) is 2.04. The van der Waals surface area contributed by atoms with E-state index >= 15 is 0 Å². The van der Waals surface area contributed by atoms with Gasteiger partial charge in [0.2, 0.25) is 12.7 Å². The molecule has 1 aromatic carbocycles. The van der Waals surface area contributed by atoms with Crippen molar-refractivity contribution in [2.24, 2.45) is 11.7 Å². The van der Waals surface area contributed by atoms with Crippen molar-refractivity contribution < 1.29 is 14.3 Å². The number of aromatic nitrogens is 1. The maximum Gasteiger partial charge on any atom is 0.231 e. The zero-order chi connectivity index (χ0) is 17.4. The number of carbonyl (C=O) groups is 1. The molecule has 1 fully saturated rings. The second-order valence-corrected chi connectivity index (χ2v) is 7.48. The number of thiazole rings is 1. The molecule has 1 aromatic heterocycles. The van der Waals surface area contributed by atoms with Gasteiger partial charge in [-0.25, -0.2) is 4.98 Å². The van der Waals surface area contributed by atoms with Crippen LogP contribution in [0.25, 0.3) is 10.6 Å². The standard InChI is InChI=1S/C18H21N3O3S/c1-11-4-12(7-19)8-21(11)17(22)6-14-9-25-18(20-14)13-2-3-15-16(5-13)24-10-23-15/h2-3,5,9,11-12H,4,6-8,10,19H2,1H3. The minimum Gasteiger partial charge on any atom is -0.454 e. The van der Waals surface area contributed by atoms with Gasteiger partial charge in [-0.3, -0.25) is 4.79 Å². The zero-order valence-electron chi connectivity index (χ0n) is 14.1. The van der Waals surface area contributed by atoms with Crippen LogP contribution < -0.4 is 15.2 Å². The monoisotopic (exact) mass is 359 g/mol. The number of fused-ring (bicyclic) bond motifs is 1. The van der Waals surface area contributed by atoms with E-state index in [1.54, 1.807) is 11.3 Å². The van der Waals surface area contributed by atoms with Crippen LogP contribution >= 0.6 is 11.3 Å². The number of nitrogens with two attached hydrogens (primary N) is 1. The first-order valence-corrected chi connectivity index (χ1v) is 9.36. The Hall–Kier alpha value is -2.12. The molecule has 2 aliphatic rings. The first kappa shape index (κ1) is 16.4. The number of rotatable bonds is 4. The maximum atomic E-state index is 12.6. The predicted octanol–water partition coefficient (Wildman–Crippen LogP) is 2.28. The third-order valence-electron chi connectivity index (χ3n) is 4.82. The van der Waals surface area contributed by atoms with Gasteiger partial charge < -0.3 is 20.1 Å². The molecule has 6 nitrogen and oxygen atoms in total. The Labute approximate surface area is 150 Å². The van der Waals surface area contributed by atoms with E-state index in [-0.39, 0.29) is 18.7 Å². The number of carbonyl (C=O) groups excluding carboxylic acids is 1. The molecule has 7 heteroatoms. The van der Waals surface area contributed by atoms with Crippen molar-refractivity contribution in [3.8, 4) is 22.1 Å². The van der Waals surface area contributed by atoms with E-state index in [4.69, 9.17) is 15.2 Å². The summed E-state index contributed by atoms with van der Waals surface area (Å²) in [5, 5.41) is 2.84. The minimum absolute atomic E-state index is 0.131. The quantitative estimate of drug-likeness (QED) is 0.906. The van der Waals surface area contributed by atoms with Gasteiger partial charge in [0.05, 0.1) is 12.1 Å². The number of nitrogens with zero attached hydrogens (tertiary/aromatic N) is 2. The average Bonchev–Trinajstić information content (AvgIpc) is 3.32. The largest absolute Gasteiger partial charge is 0.454 e. The van der Waals surface area contributed by atoms with E-state index < -0.39 is 0 Å². The van der Waals surface area contributed by atoms with Crippen LogP contribution in [-0.4, -0.2) is 41.7 Å². The molecule has 0 bridgehead atoms. The molecule has 2 atom stereocenters. The summed E-state index contributed by atoms with van der Waals surface area (Å²) in [4.78, 5) is 19.2. The molecule has 132 valence electrons. The average molecular weight is 359 g/mol. The van der Waals surface area contributed by atoms with Crippen LogP contribution in [0.4, 0.5) is 0 Å². The van der Waals surface area contributed by atoms with Gasteiger partial charge in [0.25, 0.3) is 0 Å². The number of benzene rings is 1. The van der Waals surface area contributed by atoms with Gasteiger partial charge in [0.15, 0.2) is 11.5 Å². The molecule has 2 aromatic rings. The van der Waals surface area contributed by atoms with Gasteiger partial charge in [0, 0.05) is 23.5 Å². The first-order valence-electron chi connectivity index (χ1n) is 8.48. The van der Waals surface area contributed by atoms with Crippen molar-refractivity contribution >= 4 is 17.2 Å². The van der Waals surface area contributed by atoms with Gasteiger partial charge in [-0.05, 0) is 44.0 Å². The fraction of sp³-hybridized carbons (Fsp3) is 0.444. The number of hydrogen-bond donors (Lipinski definition) is 1. The highest BCUT2D eigenvalue weighted by Gasteiger charge is 2.31. The lowest BCUT2D eigenvalue weighted by Crippen LogP contribution is -2.35. The van der Waals surface area contributed by atoms with Crippen molar-refractivity contribution in [1.29, 1.82) is 0 Å². The zero-order valence-corrected chi connectivity index (χ0v) is 14.9. The topological polar surface area (TPSA) is 77.7 Å². The highest BCUT2D eigenvalue weighted by atomic mass is 32.1. The maximum absolute atomic E-state index is 12.6. The van der Waals surface area contributed by atoms with E-state index in [1.165, 1.54) is 0 Å². The van der Waals surface area contributed by atoms with Crippen molar-refractivity contribution in [1.82, 2.24) is 9.88 Å². The molecule has 2 unspecified atom stereocenters. The van der Waals surface area contributed by atoms with Crippen LogP contribution in [0.15, 0.2) is 23.6 Å².